The van der Waals surface area contributed by atoms with Gasteiger partial charge in [-0.05, 0) is 49.2 Å². The average Bonchev–Trinajstić information content (AvgIpc) is 3.13. The third kappa shape index (κ3) is 5.11. The Bertz CT molecular complexity index is 1060. The summed E-state index contributed by atoms with van der Waals surface area (Å²) in [6.45, 7) is 7.27. The fraction of sp³-hybridized carbons (Fsp3) is 0.333. The lowest BCUT2D eigenvalue weighted by Gasteiger charge is -2.34. The Morgan fingerprint density at radius 2 is 1.87 bits per heavy atom. The van der Waals surface area contributed by atoms with Crippen LogP contribution >= 0.6 is 0 Å². The molecular weight excluding hydrogens is 397 g/mol. The number of ether oxygens (including phenoxy) is 1. The van der Waals surface area contributed by atoms with Gasteiger partial charge in [-0.15, -0.1) is 0 Å². The molecular formula is C24H26FN3O3. The van der Waals surface area contributed by atoms with Crippen LogP contribution in [0, 0.1) is 19.7 Å². The monoisotopic (exact) mass is 423 g/mol. The molecule has 1 fully saturated rings. The second kappa shape index (κ2) is 9.31. The lowest BCUT2D eigenvalue weighted by Crippen LogP contribution is -2.48. The highest BCUT2D eigenvalue weighted by Crippen LogP contribution is 2.21. The Morgan fingerprint density at radius 3 is 2.61 bits per heavy atom. The van der Waals surface area contributed by atoms with Crippen molar-refractivity contribution in [3.8, 4) is 5.75 Å². The van der Waals surface area contributed by atoms with Crippen molar-refractivity contribution in [3.05, 3.63) is 82.5 Å². The van der Waals surface area contributed by atoms with Gasteiger partial charge >= 0.3 is 0 Å². The van der Waals surface area contributed by atoms with Crippen LogP contribution in [0.5, 0.6) is 5.75 Å². The zero-order valence-corrected chi connectivity index (χ0v) is 17.8. The number of hydrogen-bond donors (Lipinski definition) is 0. The number of piperazine rings is 1. The van der Waals surface area contributed by atoms with Gasteiger partial charge in [0.25, 0.3) is 5.91 Å². The first-order valence-electron chi connectivity index (χ1n) is 10.4. The van der Waals surface area contributed by atoms with E-state index in [1.807, 2.05) is 37.3 Å². The van der Waals surface area contributed by atoms with E-state index in [2.05, 4.69) is 10.1 Å². The lowest BCUT2D eigenvalue weighted by molar-refractivity contribution is 0.0616. The summed E-state index contributed by atoms with van der Waals surface area (Å²) in [6, 6.07) is 14.4. The highest BCUT2D eigenvalue weighted by atomic mass is 19.1. The van der Waals surface area contributed by atoms with E-state index < -0.39 is 0 Å². The Labute approximate surface area is 181 Å². The molecule has 0 N–H and O–H groups in total. The summed E-state index contributed by atoms with van der Waals surface area (Å²) in [7, 11) is 0. The first kappa shape index (κ1) is 21.1. The molecule has 31 heavy (non-hydrogen) atoms. The summed E-state index contributed by atoms with van der Waals surface area (Å²) in [5, 5.41) is 4.02. The maximum Gasteiger partial charge on any atom is 0.276 e. The van der Waals surface area contributed by atoms with Crippen molar-refractivity contribution < 1.29 is 18.4 Å². The normalized spacial score (nSPS) is 14.6. The quantitative estimate of drug-likeness (QED) is 0.601. The molecule has 0 spiro atoms. The van der Waals surface area contributed by atoms with Gasteiger partial charge in [-0.25, -0.2) is 4.39 Å². The van der Waals surface area contributed by atoms with Gasteiger partial charge in [-0.3, -0.25) is 9.69 Å². The van der Waals surface area contributed by atoms with E-state index in [1.165, 1.54) is 6.07 Å². The third-order valence-corrected chi connectivity index (χ3v) is 5.51. The number of halogens is 1. The number of aromatic nitrogens is 1. The highest BCUT2D eigenvalue weighted by molar-refractivity contribution is 5.93. The predicted octanol–water partition coefficient (Wildman–Crippen LogP) is 3.97. The summed E-state index contributed by atoms with van der Waals surface area (Å²) in [4.78, 5) is 17.1. The number of rotatable bonds is 6. The highest BCUT2D eigenvalue weighted by Gasteiger charge is 2.28. The van der Waals surface area contributed by atoms with Gasteiger partial charge in [0.15, 0.2) is 5.69 Å². The summed E-state index contributed by atoms with van der Waals surface area (Å²) in [5.41, 5.74) is 3.02. The van der Waals surface area contributed by atoms with Gasteiger partial charge in [0.1, 0.15) is 23.9 Å². The molecule has 1 aliphatic heterocycles. The van der Waals surface area contributed by atoms with Crippen LogP contribution in [0.1, 0.15) is 32.9 Å². The average molecular weight is 423 g/mol. The molecule has 0 atom stereocenters. The lowest BCUT2D eigenvalue weighted by atomic mass is 10.1. The third-order valence-electron chi connectivity index (χ3n) is 5.51. The van der Waals surface area contributed by atoms with Crippen molar-refractivity contribution in [2.75, 3.05) is 26.2 Å². The second-order valence-corrected chi connectivity index (χ2v) is 7.87. The van der Waals surface area contributed by atoms with Gasteiger partial charge in [0.2, 0.25) is 0 Å². The number of hydrogen-bond acceptors (Lipinski definition) is 5. The molecule has 0 radical (unpaired) electrons. The van der Waals surface area contributed by atoms with Crippen LogP contribution in [0.4, 0.5) is 4.39 Å². The van der Waals surface area contributed by atoms with E-state index >= 15 is 0 Å². The van der Waals surface area contributed by atoms with Gasteiger partial charge in [-0.1, -0.05) is 29.4 Å². The second-order valence-electron chi connectivity index (χ2n) is 7.87. The predicted molar refractivity (Wildman–Crippen MR) is 114 cm³/mol. The van der Waals surface area contributed by atoms with Gasteiger partial charge in [0, 0.05) is 32.7 Å². The maximum atomic E-state index is 13.4. The van der Waals surface area contributed by atoms with Gasteiger partial charge in [-0.2, -0.15) is 0 Å². The van der Waals surface area contributed by atoms with E-state index in [1.54, 1.807) is 24.0 Å². The topological polar surface area (TPSA) is 58.8 Å². The number of benzene rings is 2. The SMILES string of the molecule is Cc1cccc(OCc2c(C(=O)N3CCN(Cc4cccc(F)c4)CC3)noc2C)c1. The van der Waals surface area contributed by atoms with Crippen LogP contribution in [0.2, 0.25) is 0 Å². The number of aryl methyl sites for hydroxylation is 2. The minimum Gasteiger partial charge on any atom is -0.489 e. The first-order chi connectivity index (χ1) is 15.0. The van der Waals surface area contributed by atoms with Crippen molar-refractivity contribution in [2.45, 2.75) is 27.0 Å². The fourth-order valence-electron chi connectivity index (χ4n) is 3.74. The molecule has 4 rings (SSSR count). The Balaban J connectivity index is 1.37. The summed E-state index contributed by atoms with van der Waals surface area (Å²) >= 11 is 0. The molecule has 1 amide bonds. The van der Waals surface area contributed by atoms with E-state index in [0.717, 1.165) is 16.9 Å². The van der Waals surface area contributed by atoms with Crippen LogP contribution in [0.3, 0.4) is 0 Å². The summed E-state index contributed by atoms with van der Waals surface area (Å²) in [6.07, 6.45) is 0. The van der Waals surface area contributed by atoms with E-state index in [9.17, 15) is 9.18 Å². The van der Waals surface area contributed by atoms with E-state index in [-0.39, 0.29) is 18.3 Å². The number of carbonyl (C=O) groups excluding carboxylic acids is 1. The molecule has 1 saturated heterocycles. The minimum atomic E-state index is -0.229. The molecule has 6 nitrogen and oxygen atoms in total. The summed E-state index contributed by atoms with van der Waals surface area (Å²) in [5.74, 6) is 0.948. The number of amides is 1. The zero-order valence-electron chi connectivity index (χ0n) is 17.8. The molecule has 0 aliphatic carbocycles. The number of nitrogens with zero attached hydrogens (tertiary/aromatic N) is 3. The molecule has 1 aliphatic rings. The van der Waals surface area contributed by atoms with Gasteiger partial charge < -0.3 is 14.2 Å². The van der Waals surface area contributed by atoms with Crippen LogP contribution in [-0.4, -0.2) is 47.0 Å². The van der Waals surface area contributed by atoms with Crippen LogP contribution in [0.25, 0.3) is 0 Å². The van der Waals surface area contributed by atoms with Crippen molar-refractivity contribution >= 4 is 5.91 Å². The number of carbonyl (C=O) groups is 1. The first-order valence-corrected chi connectivity index (χ1v) is 10.4. The molecule has 2 aromatic carbocycles. The van der Waals surface area contributed by atoms with Gasteiger partial charge in [0.05, 0.1) is 5.56 Å². The van der Waals surface area contributed by atoms with Crippen LogP contribution in [0.15, 0.2) is 53.1 Å². The smallest absolute Gasteiger partial charge is 0.276 e. The molecule has 2 heterocycles. The standard InChI is InChI=1S/C24H26FN3O3/c1-17-5-3-8-21(13-17)30-16-22-18(2)31-26-23(22)24(29)28-11-9-27(10-12-28)15-19-6-4-7-20(25)14-19/h3-8,13-14H,9-12,15-16H2,1-2H3. The van der Waals surface area contributed by atoms with Crippen LogP contribution in [-0.2, 0) is 13.2 Å². The molecule has 7 heteroatoms. The fourth-order valence-corrected chi connectivity index (χ4v) is 3.74. The molecule has 0 saturated carbocycles. The van der Waals surface area contributed by atoms with Crippen molar-refractivity contribution in [1.82, 2.24) is 15.0 Å². The molecule has 1 aromatic heterocycles. The van der Waals surface area contributed by atoms with Crippen LogP contribution < -0.4 is 4.74 Å². The van der Waals surface area contributed by atoms with Crippen molar-refractivity contribution in [3.63, 3.8) is 0 Å². The Hall–Kier alpha value is -3.19. The molecule has 162 valence electrons. The zero-order chi connectivity index (χ0) is 21.8. The minimum absolute atomic E-state index is 0.148. The summed E-state index contributed by atoms with van der Waals surface area (Å²) < 4.78 is 24.6. The maximum absolute atomic E-state index is 13.4. The van der Waals surface area contributed by atoms with E-state index in [0.29, 0.717) is 49.7 Å². The van der Waals surface area contributed by atoms with Crippen molar-refractivity contribution in [1.29, 1.82) is 0 Å². The Kier molecular flexibility index (Phi) is 6.32. The van der Waals surface area contributed by atoms with Crippen molar-refractivity contribution in [2.24, 2.45) is 0 Å². The Morgan fingerprint density at radius 1 is 1.10 bits per heavy atom. The molecule has 0 unspecified atom stereocenters. The van der Waals surface area contributed by atoms with E-state index in [4.69, 9.17) is 9.26 Å². The largest absolute Gasteiger partial charge is 0.489 e. The molecule has 3 aromatic rings. The molecule has 0 bridgehead atoms.